The lowest BCUT2D eigenvalue weighted by atomic mass is 10.1. The zero-order valence-corrected chi connectivity index (χ0v) is 10.8. The Kier molecular flexibility index (Phi) is 3.66. The fourth-order valence-electron chi connectivity index (χ4n) is 1.54. The highest BCUT2D eigenvalue weighted by Crippen LogP contribution is 2.19. The zero-order chi connectivity index (χ0) is 11.5. The van der Waals surface area contributed by atoms with Gasteiger partial charge in [0, 0.05) is 23.1 Å². The van der Waals surface area contributed by atoms with Gasteiger partial charge >= 0.3 is 0 Å². The molecule has 1 aromatic carbocycles. The molecular formula is C12H10BrClFN. The maximum atomic E-state index is 13.2. The Morgan fingerprint density at radius 1 is 1.44 bits per heavy atom. The van der Waals surface area contributed by atoms with Crippen molar-refractivity contribution in [1.29, 1.82) is 0 Å². The molecule has 1 heterocycles. The van der Waals surface area contributed by atoms with Crippen LogP contribution in [0.5, 0.6) is 0 Å². The molecule has 0 aromatic heterocycles. The Hall–Kier alpha value is -0.800. The highest BCUT2D eigenvalue weighted by molar-refractivity contribution is 9.11. The molecule has 0 unspecified atom stereocenters. The quantitative estimate of drug-likeness (QED) is 0.876. The van der Waals surface area contributed by atoms with Gasteiger partial charge in [0.15, 0.2) is 0 Å². The average molecular weight is 303 g/mol. The molecule has 0 saturated carbocycles. The van der Waals surface area contributed by atoms with Crippen LogP contribution >= 0.6 is 27.5 Å². The Labute approximate surface area is 107 Å². The third-order valence-corrected chi connectivity index (χ3v) is 3.18. The van der Waals surface area contributed by atoms with Crippen LogP contribution in [-0.4, -0.2) is 6.54 Å². The molecule has 84 valence electrons. The van der Waals surface area contributed by atoms with Crippen molar-refractivity contribution in [1.82, 2.24) is 5.32 Å². The van der Waals surface area contributed by atoms with Crippen molar-refractivity contribution in [2.24, 2.45) is 0 Å². The standard InChI is InChI=1S/C12H10BrClFN/c13-9-3-4-16-10(7-9)5-8-1-2-11(14)12(15)6-8/h1-3,6-7,16H,4-5H2. The first-order valence-corrected chi connectivity index (χ1v) is 6.06. The van der Waals surface area contributed by atoms with E-state index < -0.39 is 0 Å². The largest absolute Gasteiger partial charge is 0.385 e. The second kappa shape index (κ2) is 5.02. The molecule has 1 nitrogen and oxygen atoms in total. The van der Waals surface area contributed by atoms with Gasteiger partial charge in [-0.1, -0.05) is 39.7 Å². The predicted octanol–water partition coefficient (Wildman–Crippen LogP) is 3.79. The second-order valence-corrected chi connectivity index (χ2v) is 4.89. The maximum absolute atomic E-state index is 13.2. The van der Waals surface area contributed by atoms with Gasteiger partial charge in [-0.3, -0.25) is 0 Å². The Bertz CT molecular complexity index is 468. The monoisotopic (exact) mass is 301 g/mol. The highest BCUT2D eigenvalue weighted by Gasteiger charge is 2.06. The molecule has 4 heteroatoms. The molecule has 0 atom stereocenters. The number of halogens is 3. The van der Waals surface area contributed by atoms with Gasteiger partial charge in [0.05, 0.1) is 5.02 Å². The first kappa shape index (κ1) is 11.7. The van der Waals surface area contributed by atoms with Crippen molar-refractivity contribution in [2.45, 2.75) is 6.42 Å². The van der Waals surface area contributed by atoms with E-state index in [2.05, 4.69) is 21.2 Å². The Balaban J connectivity index is 2.15. The summed E-state index contributed by atoms with van der Waals surface area (Å²) in [7, 11) is 0. The first-order valence-electron chi connectivity index (χ1n) is 4.89. The van der Waals surface area contributed by atoms with Crippen molar-refractivity contribution >= 4 is 27.5 Å². The van der Waals surface area contributed by atoms with Crippen LogP contribution in [-0.2, 0) is 6.42 Å². The second-order valence-electron chi connectivity index (χ2n) is 3.56. The molecule has 1 aromatic rings. The van der Waals surface area contributed by atoms with Crippen LogP contribution in [0.1, 0.15) is 5.56 Å². The van der Waals surface area contributed by atoms with E-state index in [1.807, 2.05) is 18.2 Å². The van der Waals surface area contributed by atoms with Gasteiger partial charge in [0.2, 0.25) is 0 Å². The molecule has 0 fully saturated rings. The smallest absolute Gasteiger partial charge is 0.142 e. The average Bonchev–Trinajstić information content (AvgIpc) is 2.24. The maximum Gasteiger partial charge on any atom is 0.142 e. The zero-order valence-electron chi connectivity index (χ0n) is 8.43. The SMILES string of the molecule is Fc1cc(CC2=CC(Br)=CCN2)ccc1Cl. The summed E-state index contributed by atoms with van der Waals surface area (Å²) in [6.07, 6.45) is 4.71. The van der Waals surface area contributed by atoms with Crippen molar-refractivity contribution in [3.63, 3.8) is 0 Å². The summed E-state index contributed by atoms with van der Waals surface area (Å²) in [4.78, 5) is 0. The van der Waals surface area contributed by atoms with E-state index in [0.717, 1.165) is 22.3 Å². The van der Waals surface area contributed by atoms with Gasteiger partial charge in [0.1, 0.15) is 5.82 Å². The van der Waals surface area contributed by atoms with Crippen LogP contribution in [0.15, 0.2) is 40.5 Å². The Morgan fingerprint density at radius 2 is 2.25 bits per heavy atom. The van der Waals surface area contributed by atoms with Crippen molar-refractivity contribution in [2.75, 3.05) is 6.54 Å². The van der Waals surface area contributed by atoms with E-state index in [4.69, 9.17) is 11.6 Å². The summed E-state index contributed by atoms with van der Waals surface area (Å²) in [6, 6.07) is 4.89. The molecule has 1 N–H and O–H groups in total. The predicted molar refractivity (Wildman–Crippen MR) is 68.2 cm³/mol. The lowest BCUT2D eigenvalue weighted by Gasteiger charge is -2.14. The van der Waals surface area contributed by atoms with Gasteiger partial charge in [-0.2, -0.15) is 0 Å². The molecule has 1 aliphatic rings. The summed E-state index contributed by atoms with van der Waals surface area (Å²) < 4.78 is 14.3. The molecule has 0 spiro atoms. The summed E-state index contributed by atoms with van der Waals surface area (Å²) in [5.74, 6) is -0.370. The topological polar surface area (TPSA) is 12.0 Å². The lowest BCUT2D eigenvalue weighted by molar-refractivity contribution is 0.626. The molecule has 0 saturated heterocycles. The number of hydrogen-bond donors (Lipinski definition) is 1. The molecule has 1 aliphatic heterocycles. The van der Waals surface area contributed by atoms with Crippen LogP contribution in [0.25, 0.3) is 0 Å². The molecule has 0 aliphatic carbocycles. The van der Waals surface area contributed by atoms with Gasteiger partial charge < -0.3 is 5.32 Å². The number of dihydropyridines is 1. The van der Waals surface area contributed by atoms with Gasteiger partial charge in [-0.25, -0.2) is 4.39 Å². The number of benzene rings is 1. The molecule has 16 heavy (non-hydrogen) atoms. The van der Waals surface area contributed by atoms with Crippen LogP contribution < -0.4 is 5.32 Å². The number of allylic oxidation sites excluding steroid dienone is 3. The van der Waals surface area contributed by atoms with Crippen LogP contribution in [0.4, 0.5) is 4.39 Å². The summed E-state index contributed by atoms with van der Waals surface area (Å²) in [5, 5.41) is 3.39. The van der Waals surface area contributed by atoms with Crippen LogP contribution in [0.3, 0.4) is 0 Å². The van der Waals surface area contributed by atoms with E-state index in [-0.39, 0.29) is 10.8 Å². The third-order valence-electron chi connectivity index (χ3n) is 2.32. The van der Waals surface area contributed by atoms with Crippen molar-refractivity contribution < 1.29 is 4.39 Å². The van der Waals surface area contributed by atoms with Gasteiger partial charge in [-0.05, 0) is 23.8 Å². The molecule has 0 radical (unpaired) electrons. The Morgan fingerprint density at radius 3 is 2.94 bits per heavy atom. The summed E-state index contributed by atoms with van der Waals surface area (Å²) in [6.45, 7) is 0.794. The lowest BCUT2D eigenvalue weighted by Crippen LogP contribution is -2.18. The fourth-order valence-corrected chi connectivity index (χ4v) is 2.09. The van der Waals surface area contributed by atoms with E-state index in [1.54, 1.807) is 6.07 Å². The van der Waals surface area contributed by atoms with E-state index in [9.17, 15) is 4.39 Å². The first-order chi connectivity index (χ1) is 7.65. The summed E-state index contributed by atoms with van der Waals surface area (Å²) in [5.41, 5.74) is 1.97. The number of rotatable bonds is 2. The van der Waals surface area contributed by atoms with E-state index >= 15 is 0 Å². The van der Waals surface area contributed by atoms with E-state index in [1.165, 1.54) is 6.07 Å². The fraction of sp³-hybridized carbons (Fsp3) is 0.167. The molecular weight excluding hydrogens is 292 g/mol. The number of hydrogen-bond acceptors (Lipinski definition) is 1. The van der Waals surface area contributed by atoms with Crippen molar-refractivity contribution in [3.8, 4) is 0 Å². The molecule has 0 amide bonds. The van der Waals surface area contributed by atoms with Crippen LogP contribution in [0.2, 0.25) is 5.02 Å². The minimum Gasteiger partial charge on any atom is -0.385 e. The van der Waals surface area contributed by atoms with Gasteiger partial charge in [0.25, 0.3) is 0 Å². The minimum absolute atomic E-state index is 0.162. The van der Waals surface area contributed by atoms with Gasteiger partial charge in [-0.15, -0.1) is 0 Å². The molecule has 0 bridgehead atoms. The number of nitrogens with one attached hydrogen (secondary N) is 1. The highest BCUT2D eigenvalue weighted by atomic mass is 79.9. The van der Waals surface area contributed by atoms with Crippen LogP contribution in [0, 0.1) is 5.82 Å². The normalized spacial score (nSPS) is 15.2. The summed E-state index contributed by atoms with van der Waals surface area (Å²) >= 11 is 9.04. The minimum atomic E-state index is -0.370. The van der Waals surface area contributed by atoms with E-state index in [0.29, 0.717) is 6.42 Å². The van der Waals surface area contributed by atoms with Crippen molar-refractivity contribution in [3.05, 3.63) is 56.9 Å². The third kappa shape index (κ3) is 2.86. The molecule has 2 rings (SSSR count).